The maximum absolute atomic E-state index is 12.3. The van der Waals surface area contributed by atoms with Gasteiger partial charge in [0.25, 0.3) is 5.91 Å². The zero-order valence-corrected chi connectivity index (χ0v) is 13.6. The molecule has 0 radical (unpaired) electrons. The van der Waals surface area contributed by atoms with Gasteiger partial charge in [0.15, 0.2) is 0 Å². The van der Waals surface area contributed by atoms with Crippen LogP contribution in [0, 0.1) is 6.92 Å². The fraction of sp³-hybridized carbons (Fsp3) is 0.375. The van der Waals surface area contributed by atoms with E-state index in [1.54, 1.807) is 14.0 Å². The Kier molecular flexibility index (Phi) is 5.21. The van der Waals surface area contributed by atoms with E-state index in [9.17, 15) is 9.90 Å². The van der Waals surface area contributed by atoms with Crippen LogP contribution in [0.3, 0.4) is 0 Å². The van der Waals surface area contributed by atoms with Gasteiger partial charge in [-0.05, 0) is 25.8 Å². The van der Waals surface area contributed by atoms with Crippen LogP contribution in [-0.2, 0) is 7.05 Å². The van der Waals surface area contributed by atoms with Gasteiger partial charge in [0.1, 0.15) is 5.15 Å². The smallest absolute Gasteiger partial charge is 0.256 e. The second-order valence-electron chi connectivity index (χ2n) is 5.41. The molecule has 0 saturated carbocycles. The van der Waals surface area contributed by atoms with Gasteiger partial charge in [-0.15, -0.1) is 0 Å². The van der Waals surface area contributed by atoms with Gasteiger partial charge in [-0.2, -0.15) is 5.10 Å². The number of halogens is 1. The Hall–Kier alpha value is -1.85. The molecule has 0 aliphatic rings. The number of benzene rings is 1. The van der Waals surface area contributed by atoms with E-state index in [-0.39, 0.29) is 11.9 Å². The van der Waals surface area contributed by atoms with Crippen LogP contribution in [0.1, 0.15) is 41.1 Å². The van der Waals surface area contributed by atoms with Gasteiger partial charge in [-0.3, -0.25) is 9.48 Å². The van der Waals surface area contributed by atoms with E-state index in [1.807, 2.05) is 37.3 Å². The highest BCUT2D eigenvalue weighted by molar-refractivity contribution is 6.33. The monoisotopic (exact) mass is 321 g/mol. The van der Waals surface area contributed by atoms with Gasteiger partial charge in [-0.25, -0.2) is 0 Å². The normalized spacial score (nSPS) is 13.7. The van der Waals surface area contributed by atoms with Gasteiger partial charge in [-0.1, -0.05) is 41.9 Å². The SMILES string of the molecule is Cc1nn(C)c(Cl)c1C(=O)NC(C)CC(O)c1ccccc1. The van der Waals surface area contributed by atoms with Crippen LogP contribution in [0.15, 0.2) is 30.3 Å². The number of aryl methyl sites for hydroxylation is 2. The topological polar surface area (TPSA) is 67.2 Å². The lowest BCUT2D eigenvalue weighted by molar-refractivity contribution is 0.0916. The minimum Gasteiger partial charge on any atom is -0.388 e. The Labute approximate surface area is 134 Å². The lowest BCUT2D eigenvalue weighted by atomic mass is 10.0. The number of hydrogen-bond donors (Lipinski definition) is 2. The summed E-state index contributed by atoms with van der Waals surface area (Å²) in [6.45, 7) is 3.59. The first-order valence-corrected chi connectivity index (χ1v) is 7.51. The van der Waals surface area contributed by atoms with E-state index < -0.39 is 6.10 Å². The van der Waals surface area contributed by atoms with Crippen LogP contribution in [0.5, 0.6) is 0 Å². The molecule has 118 valence electrons. The maximum atomic E-state index is 12.3. The first kappa shape index (κ1) is 16.5. The largest absolute Gasteiger partial charge is 0.388 e. The molecule has 2 atom stereocenters. The number of aromatic nitrogens is 2. The van der Waals surface area contributed by atoms with Crippen molar-refractivity contribution in [2.45, 2.75) is 32.4 Å². The van der Waals surface area contributed by atoms with Crippen molar-refractivity contribution in [2.24, 2.45) is 7.05 Å². The van der Waals surface area contributed by atoms with Crippen LogP contribution < -0.4 is 5.32 Å². The summed E-state index contributed by atoms with van der Waals surface area (Å²) in [6, 6.07) is 9.18. The zero-order valence-electron chi connectivity index (χ0n) is 12.9. The molecule has 6 heteroatoms. The van der Waals surface area contributed by atoms with Crippen LogP contribution in [-0.4, -0.2) is 26.8 Å². The average molecular weight is 322 g/mol. The number of amides is 1. The lowest BCUT2D eigenvalue weighted by Gasteiger charge is -2.18. The molecule has 1 aromatic carbocycles. The molecule has 2 N–H and O–H groups in total. The Balaban J connectivity index is 2.00. The zero-order chi connectivity index (χ0) is 16.3. The van der Waals surface area contributed by atoms with Crippen molar-refractivity contribution in [1.82, 2.24) is 15.1 Å². The molecule has 2 aromatic rings. The minimum absolute atomic E-state index is 0.196. The summed E-state index contributed by atoms with van der Waals surface area (Å²) in [4.78, 5) is 12.3. The summed E-state index contributed by atoms with van der Waals surface area (Å²) in [5, 5.41) is 17.5. The molecule has 0 spiro atoms. The molecule has 1 aromatic heterocycles. The Morgan fingerprint density at radius 3 is 2.59 bits per heavy atom. The van der Waals surface area contributed by atoms with Crippen molar-refractivity contribution >= 4 is 17.5 Å². The molecular weight excluding hydrogens is 302 g/mol. The van der Waals surface area contributed by atoms with Gasteiger partial charge in [0.2, 0.25) is 0 Å². The number of carbonyl (C=O) groups is 1. The molecule has 2 unspecified atom stereocenters. The number of carbonyl (C=O) groups excluding carboxylic acids is 1. The number of hydrogen-bond acceptors (Lipinski definition) is 3. The highest BCUT2D eigenvalue weighted by Gasteiger charge is 2.21. The predicted molar refractivity (Wildman–Crippen MR) is 85.9 cm³/mol. The van der Waals surface area contributed by atoms with E-state index in [4.69, 9.17) is 11.6 Å². The number of rotatable bonds is 5. The molecule has 2 rings (SSSR count). The fourth-order valence-corrected chi connectivity index (χ4v) is 2.65. The molecule has 22 heavy (non-hydrogen) atoms. The number of nitrogens with one attached hydrogen (secondary N) is 1. The second-order valence-corrected chi connectivity index (χ2v) is 5.77. The summed E-state index contributed by atoms with van der Waals surface area (Å²) in [6.07, 6.45) is -0.200. The molecule has 0 saturated heterocycles. The summed E-state index contributed by atoms with van der Waals surface area (Å²) in [5.41, 5.74) is 1.80. The third-order valence-corrected chi connectivity index (χ3v) is 3.95. The molecular formula is C16H20ClN3O2. The highest BCUT2D eigenvalue weighted by Crippen LogP contribution is 2.20. The van der Waals surface area contributed by atoms with Crippen LogP contribution >= 0.6 is 11.6 Å². The van der Waals surface area contributed by atoms with E-state index in [2.05, 4.69) is 10.4 Å². The van der Waals surface area contributed by atoms with E-state index in [0.717, 1.165) is 5.56 Å². The van der Waals surface area contributed by atoms with Crippen molar-refractivity contribution in [3.8, 4) is 0 Å². The van der Waals surface area contributed by atoms with Crippen molar-refractivity contribution in [3.05, 3.63) is 52.3 Å². The van der Waals surface area contributed by atoms with Crippen molar-refractivity contribution < 1.29 is 9.90 Å². The molecule has 0 fully saturated rings. The van der Waals surface area contributed by atoms with Crippen molar-refractivity contribution in [2.75, 3.05) is 0 Å². The van der Waals surface area contributed by atoms with Crippen LogP contribution in [0.25, 0.3) is 0 Å². The molecule has 0 aliphatic carbocycles. The first-order valence-electron chi connectivity index (χ1n) is 7.13. The molecule has 0 bridgehead atoms. The van der Waals surface area contributed by atoms with E-state index in [0.29, 0.717) is 22.8 Å². The van der Waals surface area contributed by atoms with E-state index >= 15 is 0 Å². The summed E-state index contributed by atoms with van der Waals surface area (Å²) < 4.78 is 1.47. The Morgan fingerprint density at radius 1 is 1.41 bits per heavy atom. The quantitative estimate of drug-likeness (QED) is 0.889. The number of nitrogens with zero attached hydrogens (tertiary/aromatic N) is 2. The van der Waals surface area contributed by atoms with E-state index in [1.165, 1.54) is 4.68 Å². The van der Waals surface area contributed by atoms with Crippen molar-refractivity contribution in [3.63, 3.8) is 0 Å². The molecule has 0 aliphatic heterocycles. The van der Waals surface area contributed by atoms with Crippen LogP contribution in [0.4, 0.5) is 0 Å². The molecule has 1 heterocycles. The number of aliphatic hydroxyl groups is 1. The fourth-order valence-electron chi connectivity index (χ4n) is 2.39. The highest BCUT2D eigenvalue weighted by atomic mass is 35.5. The van der Waals surface area contributed by atoms with Gasteiger partial charge in [0.05, 0.1) is 17.4 Å². The van der Waals surface area contributed by atoms with Crippen molar-refractivity contribution in [1.29, 1.82) is 0 Å². The Bertz CT molecular complexity index is 655. The molecule has 1 amide bonds. The third kappa shape index (κ3) is 3.67. The lowest BCUT2D eigenvalue weighted by Crippen LogP contribution is -2.34. The van der Waals surface area contributed by atoms with Crippen LogP contribution in [0.2, 0.25) is 5.15 Å². The predicted octanol–water partition coefficient (Wildman–Crippen LogP) is 2.62. The van der Waals surface area contributed by atoms with Gasteiger partial charge >= 0.3 is 0 Å². The average Bonchev–Trinajstić information content (AvgIpc) is 2.72. The Morgan fingerprint density at radius 2 is 2.05 bits per heavy atom. The van der Waals surface area contributed by atoms with Gasteiger partial charge in [0, 0.05) is 13.1 Å². The minimum atomic E-state index is -0.623. The standard InChI is InChI=1S/C16H20ClN3O2/c1-10(9-13(21)12-7-5-4-6-8-12)18-16(22)14-11(2)19-20(3)15(14)17/h4-8,10,13,21H,9H2,1-3H3,(H,18,22). The summed E-state index contributed by atoms with van der Waals surface area (Å²) in [7, 11) is 1.69. The number of aliphatic hydroxyl groups excluding tert-OH is 1. The maximum Gasteiger partial charge on any atom is 0.256 e. The van der Waals surface area contributed by atoms with Gasteiger partial charge < -0.3 is 10.4 Å². The molecule has 5 nitrogen and oxygen atoms in total. The summed E-state index contributed by atoms with van der Waals surface area (Å²) >= 11 is 6.08. The first-order chi connectivity index (χ1) is 10.4. The second kappa shape index (κ2) is 6.94. The summed E-state index contributed by atoms with van der Waals surface area (Å²) in [5.74, 6) is -0.275. The third-order valence-electron chi connectivity index (χ3n) is 3.52.